The number of unbranched alkanes of at least 4 members (excludes halogenated alkanes) is 10. The number of hydrogen-bond acceptors (Lipinski definition) is 3. The zero-order valence-corrected chi connectivity index (χ0v) is 23.6. The molecule has 0 saturated carbocycles. The minimum Gasteiger partial charge on any atom is -0.484 e. The quantitative estimate of drug-likeness (QED) is 0.202. The molecule has 0 saturated heterocycles. The summed E-state index contributed by atoms with van der Waals surface area (Å²) in [5.41, 5.74) is 3.84. The molecule has 0 bridgehead atoms. The van der Waals surface area contributed by atoms with Crippen LogP contribution < -0.4 is 0 Å². The highest BCUT2D eigenvalue weighted by atomic mass is 32.1. The van der Waals surface area contributed by atoms with E-state index >= 15 is 0 Å². The maximum atomic E-state index is 10.7. The Morgan fingerprint density at radius 2 is 1.18 bits per heavy atom. The van der Waals surface area contributed by atoms with Crippen molar-refractivity contribution < 1.29 is 9.84 Å². The highest BCUT2D eigenvalue weighted by molar-refractivity contribution is 7.80. The molecule has 0 spiro atoms. The van der Waals surface area contributed by atoms with Gasteiger partial charge in [0.2, 0.25) is 0 Å². The summed E-state index contributed by atoms with van der Waals surface area (Å²) in [4.78, 5) is 0. The van der Waals surface area contributed by atoms with Crippen LogP contribution in [0.15, 0.2) is 18.2 Å². The van der Waals surface area contributed by atoms with Gasteiger partial charge in [-0.05, 0) is 46.2 Å². The van der Waals surface area contributed by atoms with Crippen molar-refractivity contribution in [2.24, 2.45) is 0 Å². The van der Waals surface area contributed by atoms with Crippen molar-refractivity contribution in [3.63, 3.8) is 0 Å². The van der Waals surface area contributed by atoms with Crippen molar-refractivity contribution in [3.8, 4) is 0 Å². The molecule has 1 aromatic carbocycles. The predicted octanol–water partition coefficient (Wildman–Crippen LogP) is 8.84. The SMILES string of the molecule is CCCCCCCCCCCCCOC(=S)C(O)Cc1cc(C(C)(C)C)cc(C(C)(C)C)c1. The molecule has 0 aromatic heterocycles. The second-order valence-electron chi connectivity index (χ2n) is 11.8. The molecule has 0 aliphatic heterocycles. The molecule has 2 nitrogen and oxygen atoms in total. The van der Waals surface area contributed by atoms with E-state index in [4.69, 9.17) is 17.0 Å². The van der Waals surface area contributed by atoms with Crippen LogP contribution in [0.4, 0.5) is 0 Å². The summed E-state index contributed by atoms with van der Waals surface area (Å²) in [6, 6.07) is 6.73. The van der Waals surface area contributed by atoms with E-state index in [1.165, 1.54) is 75.3 Å². The minimum atomic E-state index is -0.740. The van der Waals surface area contributed by atoms with E-state index in [1.807, 2.05) is 0 Å². The van der Waals surface area contributed by atoms with Crippen LogP contribution in [0.25, 0.3) is 0 Å². The Kier molecular flexibility index (Phi) is 13.8. The van der Waals surface area contributed by atoms with Crippen LogP contribution in [-0.2, 0) is 22.0 Å². The van der Waals surface area contributed by atoms with Gasteiger partial charge in [0, 0.05) is 6.42 Å². The Hall–Kier alpha value is -0.930. The fraction of sp³-hybridized carbons (Fsp3) is 0.767. The van der Waals surface area contributed by atoms with Gasteiger partial charge in [-0.15, -0.1) is 0 Å². The van der Waals surface area contributed by atoms with Gasteiger partial charge in [0.1, 0.15) is 6.10 Å². The first-order valence-electron chi connectivity index (χ1n) is 13.4. The first kappa shape index (κ1) is 30.1. The summed E-state index contributed by atoms with van der Waals surface area (Å²) in [6.07, 6.45) is 14.2. The van der Waals surface area contributed by atoms with E-state index in [2.05, 4.69) is 66.7 Å². The molecule has 0 amide bonds. The molecule has 0 radical (unpaired) electrons. The lowest BCUT2D eigenvalue weighted by molar-refractivity contribution is 0.190. The monoisotopic (exact) mass is 476 g/mol. The van der Waals surface area contributed by atoms with Crippen molar-refractivity contribution in [2.75, 3.05) is 6.61 Å². The van der Waals surface area contributed by atoms with Crippen molar-refractivity contribution in [3.05, 3.63) is 34.9 Å². The molecule has 0 fully saturated rings. The Morgan fingerprint density at radius 1 is 0.758 bits per heavy atom. The largest absolute Gasteiger partial charge is 0.484 e. The van der Waals surface area contributed by atoms with Crippen LogP contribution in [0.3, 0.4) is 0 Å². The van der Waals surface area contributed by atoms with Crippen LogP contribution >= 0.6 is 12.2 Å². The number of benzene rings is 1. The van der Waals surface area contributed by atoms with E-state index in [0.29, 0.717) is 18.1 Å². The Labute approximate surface area is 210 Å². The number of aliphatic hydroxyl groups is 1. The van der Waals surface area contributed by atoms with Gasteiger partial charge >= 0.3 is 0 Å². The topological polar surface area (TPSA) is 29.5 Å². The maximum absolute atomic E-state index is 10.7. The molecular weight excluding hydrogens is 424 g/mol. The molecular formula is C30H52O2S. The molecule has 190 valence electrons. The summed E-state index contributed by atoms with van der Waals surface area (Å²) in [5, 5.41) is 11.0. The third kappa shape index (κ3) is 12.9. The summed E-state index contributed by atoms with van der Waals surface area (Å²) >= 11 is 5.39. The lowest BCUT2D eigenvalue weighted by Crippen LogP contribution is -2.25. The standard InChI is InChI=1S/C30H52O2S/c1-8-9-10-11-12-13-14-15-16-17-18-19-32-28(33)27(31)22-24-20-25(29(2,3)4)23-26(21-24)30(5,6)7/h20-21,23,27,31H,8-19,22H2,1-7H3. The van der Waals surface area contributed by atoms with Gasteiger partial charge in [-0.3, -0.25) is 0 Å². The second-order valence-corrected chi connectivity index (χ2v) is 12.2. The molecule has 1 N–H and O–H groups in total. The molecule has 0 aliphatic carbocycles. The second kappa shape index (κ2) is 15.1. The van der Waals surface area contributed by atoms with Crippen molar-refractivity contribution in [2.45, 2.75) is 142 Å². The first-order valence-corrected chi connectivity index (χ1v) is 13.9. The molecule has 33 heavy (non-hydrogen) atoms. The highest BCUT2D eigenvalue weighted by Gasteiger charge is 2.22. The van der Waals surface area contributed by atoms with E-state index in [-0.39, 0.29) is 10.8 Å². The van der Waals surface area contributed by atoms with Crippen molar-refractivity contribution in [1.82, 2.24) is 0 Å². The smallest absolute Gasteiger partial charge is 0.188 e. The Balaban J connectivity index is 2.36. The van der Waals surface area contributed by atoms with E-state index in [1.54, 1.807) is 0 Å². The van der Waals surface area contributed by atoms with Crippen LogP contribution in [0, 0.1) is 0 Å². The fourth-order valence-electron chi connectivity index (χ4n) is 4.02. The third-order valence-electron chi connectivity index (χ3n) is 6.42. The third-order valence-corrected chi connectivity index (χ3v) is 6.81. The van der Waals surface area contributed by atoms with E-state index in [0.717, 1.165) is 12.0 Å². The summed E-state index contributed by atoms with van der Waals surface area (Å²) in [5.74, 6) is 0. The number of thiocarbonyl (C=S) groups is 1. The zero-order chi connectivity index (χ0) is 24.9. The minimum absolute atomic E-state index is 0.0625. The zero-order valence-electron chi connectivity index (χ0n) is 22.8. The highest BCUT2D eigenvalue weighted by Crippen LogP contribution is 2.30. The van der Waals surface area contributed by atoms with Gasteiger partial charge in [-0.25, -0.2) is 0 Å². The van der Waals surface area contributed by atoms with Crippen LogP contribution in [0.5, 0.6) is 0 Å². The van der Waals surface area contributed by atoms with Crippen LogP contribution in [0.2, 0.25) is 0 Å². The average molecular weight is 477 g/mol. The number of aliphatic hydroxyl groups excluding tert-OH is 1. The van der Waals surface area contributed by atoms with E-state index in [9.17, 15) is 5.11 Å². The van der Waals surface area contributed by atoms with Gasteiger partial charge in [0.05, 0.1) is 6.61 Å². The predicted molar refractivity (Wildman–Crippen MR) is 149 cm³/mol. The lowest BCUT2D eigenvalue weighted by Gasteiger charge is -2.26. The Morgan fingerprint density at radius 3 is 1.61 bits per heavy atom. The fourth-order valence-corrected chi connectivity index (χ4v) is 4.18. The van der Waals surface area contributed by atoms with Gasteiger partial charge < -0.3 is 9.84 Å². The van der Waals surface area contributed by atoms with Gasteiger partial charge in [-0.1, -0.05) is 131 Å². The lowest BCUT2D eigenvalue weighted by atomic mass is 9.79. The number of hydrogen-bond donors (Lipinski definition) is 1. The van der Waals surface area contributed by atoms with Crippen LogP contribution in [0.1, 0.15) is 136 Å². The van der Waals surface area contributed by atoms with Gasteiger partial charge in [0.15, 0.2) is 5.05 Å². The summed E-state index contributed by atoms with van der Waals surface area (Å²) in [6.45, 7) is 16.3. The van der Waals surface area contributed by atoms with Gasteiger partial charge in [0.25, 0.3) is 0 Å². The molecule has 0 aliphatic rings. The normalized spacial score (nSPS) is 13.2. The van der Waals surface area contributed by atoms with Crippen LogP contribution in [-0.4, -0.2) is 22.9 Å². The molecule has 0 heterocycles. The first-order chi connectivity index (χ1) is 15.4. The molecule has 3 heteroatoms. The molecule has 1 atom stereocenters. The van der Waals surface area contributed by atoms with E-state index < -0.39 is 6.10 Å². The average Bonchev–Trinajstić information content (AvgIpc) is 2.72. The number of rotatable bonds is 15. The summed E-state index contributed by atoms with van der Waals surface area (Å²) in [7, 11) is 0. The molecule has 1 aromatic rings. The van der Waals surface area contributed by atoms with Gasteiger partial charge in [-0.2, -0.15) is 0 Å². The maximum Gasteiger partial charge on any atom is 0.188 e. The summed E-state index contributed by atoms with van der Waals surface area (Å²) < 4.78 is 5.74. The van der Waals surface area contributed by atoms with Crippen molar-refractivity contribution >= 4 is 17.3 Å². The Bertz CT molecular complexity index is 649. The molecule has 1 rings (SSSR count). The number of ether oxygens (including phenoxy) is 1. The molecule has 1 unspecified atom stereocenters. The van der Waals surface area contributed by atoms with Crippen molar-refractivity contribution in [1.29, 1.82) is 0 Å².